The van der Waals surface area contributed by atoms with Crippen LogP contribution in [0, 0.1) is 0 Å². The largest absolute Gasteiger partial charge is 0.472 e. The highest BCUT2D eigenvalue weighted by atomic mass is 31.2. The van der Waals surface area contributed by atoms with Gasteiger partial charge in [0.15, 0.2) is 11.9 Å². The van der Waals surface area contributed by atoms with Crippen LogP contribution in [0.4, 0.5) is 0 Å². The van der Waals surface area contributed by atoms with Crippen molar-refractivity contribution >= 4 is 25.5 Å². The molecule has 0 spiro atoms. The summed E-state index contributed by atoms with van der Waals surface area (Å²) < 4.78 is 32.5. The number of carbonyl (C=O) groups is 3. The van der Waals surface area contributed by atoms with E-state index in [4.69, 9.17) is 19.1 Å². The second-order valence-electron chi connectivity index (χ2n) is 13.7. The standard InChI is InChI=1S/C46H73O11P/c1-3-5-7-9-11-13-15-17-18-19-20-22-24-26-28-30-32-36-46(51)57-44(41-56-58(52,53)55-39-43(49)38-47)40-54-45(50)37-33-35-42(48)34-31-29-27-25-23-21-16-14-12-10-8-6-4-2/h5,7,11-14,17-18,20-23,27,29,31,34,43-44,47,49H,3-4,6,8-10,15-16,19,24-26,28,30,32-33,35-41H2,1-2H3,(H,52,53)/b7-5-,13-11-,14-12-,18-17-,22-20-,23-21-,29-27-,34-31+/t43-,44+/m0/s1. The van der Waals surface area contributed by atoms with Crippen molar-refractivity contribution in [3.63, 3.8) is 0 Å². The van der Waals surface area contributed by atoms with Crippen molar-refractivity contribution in [1.29, 1.82) is 0 Å². The van der Waals surface area contributed by atoms with Crippen LogP contribution in [0.3, 0.4) is 0 Å². The molecule has 58 heavy (non-hydrogen) atoms. The zero-order valence-corrected chi connectivity index (χ0v) is 36.1. The maximum atomic E-state index is 12.6. The number of aliphatic hydroxyl groups excluding tert-OH is 2. The molecule has 12 heteroatoms. The Morgan fingerprint density at radius 2 is 1.12 bits per heavy atom. The predicted molar refractivity (Wildman–Crippen MR) is 233 cm³/mol. The average molecular weight is 833 g/mol. The zero-order valence-electron chi connectivity index (χ0n) is 35.2. The molecule has 0 rings (SSSR count). The van der Waals surface area contributed by atoms with E-state index < -0.39 is 58.4 Å². The van der Waals surface area contributed by atoms with Crippen LogP contribution in [0.1, 0.15) is 136 Å². The second-order valence-corrected chi connectivity index (χ2v) is 15.1. The van der Waals surface area contributed by atoms with E-state index in [0.29, 0.717) is 6.42 Å². The number of rotatable bonds is 38. The van der Waals surface area contributed by atoms with Crippen LogP contribution >= 0.6 is 7.82 Å². The van der Waals surface area contributed by atoms with E-state index in [2.05, 4.69) is 91.3 Å². The number of esters is 2. The third-order valence-electron chi connectivity index (χ3n) is 8.20. The molecule has 3 N–H and O–H groups in total. The summed E-state index contributed by atoms with van der Waals surface area (Å²) in [4.78, 5) is 47.1. The number of ketones is 1. The molecule has 0 bridgehead atoms. The molecule has 0 aromatic rings. The first-order valence-corrected chi connectivity index (χ1v) is 22.6. The smallest absolute Gasteiger partial charge is 0.462 e. The van der Waals surface area contributed by atoms with Crippen LogP contribution in [-0.2, 0) is 37.5 Å². The Morgan fingerprint density at radius 1 is 0.586 bits per heavy atom. The normalized spacial score (nSPS) is 14.7. The molecule has 0 fully saturated rings. The molecule has 0 heterocycles. The van der Waals surface area contributed by atoms with E-state index in [0.717, 1.165) is 70.6 Å². The number of aliphatic hydroxyl groups is 2. The predicted octanol–water partition coefficient (Wildman–Crippen LogP) is 10.4. The van der Waals surface area contributed by atoms with E-state index in [1.165, 1.54) is 25.3 Å². The van der Waals surface area contributed by atoms with Crippen LogP contribution in [0.2, 0.25) is 0 Å². The summed E-state index contributed by atoms with van der Waals surface area (Å²) in [6.45, 7) is 1.90. The summed E-state index contributed by atoms with van der Waals surface area (Å²) in [5, 5.41) is 18.3. The van der Waals surface area contributed by atoms with Gasteiger partial charge in [-0.2, -0.15) is 0 Å². The van der Waals surface area contributed by atoms with E-state index in [9.17, 15) is 28.9 Å². The number of unbranched alkanes of at least 4 members (excludes halogenated alkanes) is 7. The Bertz CT molecular complexity index is 1340. The van der Waals surface area contributed by atoms with Crippen molar-refractivity contribution < 1.29 is 52.6 Å². The van der Waals surface area contributed by atoms with Crippen molar-refractivity contribution in [2.75, 3.05) is 26.4 Å². The van der Waals surface area contributed by atoms with E-state index in [-0.39, 0.29) is 31.5 Å². The summed E-state index contributed by atoms with van der Waals surface area (Å²) in [5.74, 6) is -1.36. The van der Waals surface area contributed by atoms with Gasteiger partial charge in [0, 0.05) is 19.3 Å². The first kappa shape index (κ1) is 54.6. The minimum absolute atomic E-state index is 0.0592. The first-order valence-electron chi connectivity index (χ1n) is 21.1. The fourth-order valence-electron chi connectivity index (χ4n) is 4.94. The van der Waals surface area contributed by atoms with Gasteiger partial charge in [-0.1, -0.05) is 131 Å². The van der Waals surface area contributed by atoms with E-state index >= 15 is 0 Å². The quantitative estimate of drug-likeness (QED) is 0.0135. The van der Waals surface area contributed by atoms with Gasteiger partial charge >= 0.3 is 19.8 Å². The fourth-order valence-corrected chi connectivity index (χ4v) is 5.73. The zero-order chi connectivity index (χ0) is 42.8. The SMILES string of the molecule is CC/C=C\C/C=C\C/C=C\C/C=C\CCCCCCC(=O)O[C@H](COC(=O)CCCC(=O)/C=C/C=C\C/C=C\C/C=C\CCCCC)COP(=O)(O)OC[C@@H](O)CO. The average Bonchev–Trinajstić information content (AvgIpc) is 3.20. The maximum absolute atomic E-state index is 12.6. The van der Waals surface area contributed by atoms with Crippen molar-refractivity contribution in [2.45, 2.75) is 148 Å². The lowest BCUT2D eigenvalue weighted by Crippen LogP contribution is -2.29. The molecule has 0 aromatic carbocycles. The Kier molecular flexibility index (Phi) is 38.0. The first-order chi connectivity index (χ1) is 28.1. The summed E-state index contributed by atoms with van der Waals surface area (Å²) in [6.07, 6.45) is 45.2. The van der Waals surface area contributed by atoms with Gasteiger partial charge in [-0.3, -0.25) is 23.4 Å². The number of allylic oxidation sites excluding steroid dienone is 16. The van der Waals surface area contributed by atoms with Crippen LogP contribution in [-0.4, -0.2) is 71.5 Å². The van der Waals surface area contributed by atoms with Crippen molar-refractivity contribution in [1.82, 2.24) is 0 Å². The van der Waals surface area contributed by atoms with E-state index in [1.807, 2.05) is 6.08 Å². The van der Waals surface area contributed by atoms with Crippen LogP contribution in [0.5, 0.6) is 0 Å². The molecule has 11 nitrogen and oxygen atoms in total. The fraction of sp³-hybridized carbons (Fsp3) is 0.587. The van der Waals surface area contributed by atoms with Gasteiger partial charge in [-0.05, 0) is 83.1 Å². The third kappa shape index (κ3) is 39.4. The molecule has 0 aliphatic heterocycles. The molecular formula is C46H73O11P. The van der Waals surface area contributed by atoms with Gasteiger partial charge in [0.1, 0.15) is 12.7 Å². The molecule has 0 aromatic heterocycles. The molecule has 1 unspecified atom stereocenters. The highest BCUT2D eigenvalue weighted by molar-refractivity contribution is 7.47. The number of phosphoric acid groups is 1. The van der Waals surface area contributed by atoms with E-state index in [1.54, 1.807) is 12.2 Å². The number of phosphoric ester groups is 1. The minimum atomic E-state index is -4.69. The number of hydrogen-bond donors (Lipinski definition) is 3. The molecule has 0 radical (unpaired) electrons. The lowest BCUT2D eigenvalue weighted by atomic mass is 10.1. The summed E-state index contributed by atoms with van der Waals surface area (Å²) in [6, 6.07) is 0. The Morgan fingerprint density at radius 3 is 1.72 bits per heavy atom. The van der Waals surface area contributed by atoms with Crippen molar-refractivity contribution in [3.8, 4) is 0 Å². The van der Waals surface area contributed by atoms with Gasteiger partial charge in [-0.15, -0.1) is 0 Å². The Labute approximate surface area is 349 Å². The molecule has 0 saturated carbocycles. The summed E-state index contributed by atoms with van der Waals surface area (Å²) >= 11 is 0. The monoisotopic (exact) mass is 832 g/mol. The summed E-state index contributed by atoms with van der Waals surface area (Å²) in [7, 11) is -4.69. The molecule has 328 valence electrons. The highest BCUT2D eigenvalue weighted by Gasteiger charge is 2.27. The Balaban J connectivity index is 4.57. The topological polar surface area (TPSA) is 166 Å². The number of carbonyl (C=O) groups excluding carboxylic acids is 3. The minimum Gasteiger partial charge on any atom is -0.462 e. The van der Waals surface area contributed by atoms with Crippen LogP contribution in [0.25, 0.3) is 0 Å². The van der Waals surface area contributed by atoms with Gasteiger partial charge < -0.3 is 24.6 Å². The van der Waals surface area contributed by atoms with Crippen LogP contribution in [0.15, 0.2) is 97.2 Å². The number of ether oxygens (including phenoxy) is 2. The second kappa shape index (κ2) is 40.3. The number of hydrogen-bond acceptors (Lipinski definition) is 10. The lowest BCUT2D eigenvalue weighted by Gasteiger charge is -2.20. The summed E-state index contributed by atoms with van der Waals surface area (Å²) in [5.41, 5.74) is 0. The molecule has 3 atom stereocenters. The molecular weight excluding hydrogens is 759 g/mol. The lowest BCUT2D eigenvalue weighted by molar-refractivity contribution is -0.161. The maximum Gasteiger partial charge on any atom is 0.472 e. The van der Waals surface area contributed by atoms with Gasteiger partial charge in [-0.25, -0.2) is 4.57 Å². The van der Waals surface area contributed by atoms with Gasteiger partial charge in [0.2, 0.25) is 0 Å². The van der Waals surface area contributed by atoms with Gasteiger partial charge in [0.05, 0.1) is 19.8 Å². The van der Waals surface area contributed by atoms with Crippen molar-refractivity contribution in [3.05, 3.63) is 97.2 Å². The third-order valence-corrected chi connectivity index (χ3v) is 9.15. The molecule has 0 aliphatic carbocycles. The Hall–Kier alpha value is -3.44. The van der Waals surface area contributed by atoms with Crippen LogP contribution < -0.4 is 0 Å². The highest BCUT2D eigenvalue weighted by Crippen LogP contribution is 2.43. The van der Waals surface area contributed by atoms with Gasteiger partial charge in [0.25, 0.3) is 0 Å². The molecule has 0 amide bonds. The molecule has 0 aliphatic rings. The van der Waals surface area contributed by atoms with Crippen molar-refractivity contribution in [2.24, 2.45) is 0 Å². The molecule has 0 saturated heterocycles.